The van der Waals surface area contributed by atoms with Crippen LogP contribution in [0, 0.1) is 0 Å². The van der Waals surface area contributed by atoms with Crippen molar-refractivity contribution in [3.63, 3.8) is 0 Å². The molecule has 0 radical (unpaired) electrons. The molecule has 0 unspecified atom stereocenters. The van der Waals surface area contributed by atoms with Gasteiger partial charge in [0.15, 0.2) is 11.6 Å². The fraction of sp³-hybridized carbons (Fsp3) is 0.391. The molecule has 1 saturated heterocycles. The second-order valence-electron chi connectivity index (χ2n) is 8.06. The summed E-state index contributed by atoms with van der Waals surface area (Å²) in [5, 5.41) is 0.683. The van der Waals surface area contributed by atoms with Gasteiger partial charge in [-0.25, -0.2) is 0 Å². The number of halogens is 1. The van der Waals surface area contributed by atoms with Crippen molar-refractivity contribution in [1.29, 1.82) is 0 Å². The third kappa shape index (κ3) is 3.72. The number of carbonyl (C=O) groups is 2. The predicted molar refractivity (Wildman–Crippen MR) is 115 cm³/mol. The molecule has 0 spiro atoms. The van der Waals surface area contributed by atoms with Crippen LogP contribution in [0.5, 0.6) is 0 Å². The van der Waals surface area contributed by atoms with Gasteiger partial charge in [-0.3, -0.25) is 9.59 Å². The number of hydrogen-bond donors (Lipinski definition) is 0. The van der Waals surface area contributed by atoms with E-state index in [1.165, 1.54) is 11.8 Å². The van der Waals surface area contributed by atoms with E-state index in [1.807, 2.05) is 70.2 Å². The molecule has 142 valence electrons. The first-order valence-electron chi connectivity index (χ1n) is 9.24. The monoisotopic (exact) mass is 400 g/mol. The van der Waals surface area contributed by atoms with Crippen molar-refractivity contribution in [1.82, 2.24) is 0 Å². The topological polar surface area (TPSA) is 34.1 Å². The summed E-state index contributed by atoms with van der Waals surface area (Å²) in [4.78, 5) is 26.5. The van der Waals surface area contributed by atoms with E-state index in [1.54, 1.807) is 0 Å². The highest BCUT2D eigenvalue weighted by Gasteiger charge is 2.52. The van der Waals surface area contributed by atoms with Gasteiger partial charge in [0.25, 0.3) is 0 Å². The maximum Gasteiger partial charge on any atom is 0.163 e. The van der Waals surface area contributed by atoms with Gasteiger partial charge in [-0.1, -0.05) is 42.8 Å². The lowest BCUT2D eigenvalue weighted by Gasteiger charge is -2.42. The summed E-state index contributed by atoms with van der Waals surface area (Å²) in [6, 6.07) is 13.7. The van der Waals surface area contributed by atoms with Crippen LogP contribution in [0.15, 0.2) is 42.5 Å². The number of carbonyl (C=O) groups excluding carboxylic acids is 2. The second-order valence-corrected chi connectivity index (χ2v) is 10.7. The molecule has 0 amide bonds. The Morgan fingerprint density at radius 2 is 1.41 bits per heavy atom. The number of aryl methyl sites for hydroxylation is 1. The van der Waals surface area contributed by atoms with Crippen LogP contribution >= 0.6 is 23.4 Å². The van der Waals surface area contributed by atoms with Crippen molar-refractivity contribution >= 4 is 34.9 Å². The van der Waals surface area contributed by atoms with Crippen LogP contribution in [-0.4, -0.2) is 21.1 Å². The largest absolute Gasteiger partial charge is 0.297 e. The van der Waals surface area contributed by atoms with Gasteiger partial charge >= 0.3 is 0 Å². The molecule has 2 aromatic carbocycles. The van der Waals surface area contributed by atoms with Gasteiger partial charge in [-0.2, -0.15) is 0 Å². The van der Waals surface area contributed by atoms with Crippen molar-refractivity contribution < 1.29 is 9.59 Å². The van der Waals surface area contributed by atoms with Gasteiger partial charge in [0.2, 0.25) is 0 Å². The zero-order chi connectivity index (χ0) is 20.0. The van der Waals surface area contributed by atoms with Crippen LogP contribution in [0.4, 0.5) is 0 Å². The number of rotatable bonds is 3. The molecule has 3 rings (SSSR count). The van der Waals surface area contributed by atoms with E-state index in [0.717, 1.165) is 28.7 Å². The summed E-state index contributed by atoms with van der Waals surface area (Å²) in [5.41, 5.74) is 3.92. The predicted octanol–water partition coefficient (Wildman–Crippen LogP) is 6.10. The van der Waals surface area contributed by atoms with Crippen LogP contribution in [0.2, 0.25) is 5.02 Å². The lowest BCUT2D eigenvalue weighted by molar-refractivity contribution is -0.132. The highest BCUT2D eigenvalue weighted by Crippen LogP contribution is 2.49. The Bertz CT molecular complexity index is 871. The lowest BCUT2D eigenvalue weighted by atomic mass is 9.77. The minimum atomic E-state index is -0.710. The van der Waals surface area contributed by atoms with Crippen molar-refractivity contribution in [2.24, 2.45) is 0 Å². The van der Waals surface area contributed by atoms with Gasteiger partial charge < -0.3 is 0 Å². The molecule has 0 N–H and O–H groups in total. The fourth-order valence-electron chi connectivity index (χ4n) is 3.84. The molecule has 1 fully saturated rings. The molecule has 0 aromatic heterocycles. The lowest BCUT2D eigenvalue weighted by Crippen LogP contribution is -2.51. The Kier molecular flexibility index (Phi) is 5.31. The van der Waals surface area contributed by atoms with E-state index >= 15 is 0 Å². The Morgan fingerprint density at radius 1 is 0.889 bits per heavy atom. The molecule has 0 atom stereocenters. The zero-order valence-electron chi connectivity index (χ0n) is 16.4. The Balaban J connectivity index is 2.16. The average Bonchev–Trinajstić information content (AvgIpc) is 2.60. The van der Waals surface area contributed by atoms with E-state index in [0.29, 0.717) is 5.02 Å². The second kappa shape index (κ2) is 7.10. The van der Waals surface area contributed by atoms with Crippen LogP contribution in [-0.2, 0) is 16.0 Å². The molecule has 1 heterocycles. The number of Topliss-reactive ketones (excluding diaryl/α,β-unsaturated/α-hetero) is 2. The van der Waals surface area contributed by atoms with Crippen LogP contribution < -0.4 is 0 Å². The van der Waals surface area contributed by atoms with Crippen LogP contribution in [0.1, 0.15) is 51.7 Å². The van der Waals surface area contributed by atoms with Gasteiger partial charge in [0.1, 0.15) is 5.92 Å². The van der Waals surface area contributed by atoms with Crippen LogP contribution in [0.25, 0.3) is 11.1 Å². The van der Waals surface area contributed by atoms with E-state index in [-0.39, 0.29) is 11.6 Å². The summed E-state index contributed by atoms with van der Waals surface area (Å²) in [6.45, 7) is 9.76. The first kappa shape index (κ1) is 20.2. The normalized spacial score (nSPS) is 19.3. The van der Waals surface area contributed by atoms with Crippen LogP contribution in [0.3, 0.4) is 0 Å². The smallest absolute Gasteiger partial charge is 0.163 e. The molecule has 27 heavy (non-hydrogen) atoms. The van der Waals surface area contributed by atoms with Gasteiger partial charge in [0, 0.05) is 5.02 Å². The Labute approximate surface area is 170 Å². The third-order valence-corrected chi connectivity index (χ3v) is 6.91. The van der Waals surface area contributed by atoms with Crippen molar-refractivity contribution in [3.8, 4) is 11.1 Å². The summed E-state index contributed by atoms with van der Waals surface area (Å²) in [5.74, 6) is -0.710. The zero-order valence-corrected chi connectivity index (χ0v) is 18.0. The highest BCUT2D eigenvalue weighted by atomic mass is 35.5. The van der Waals surface area contributed by atoms with E-state index in [4.69, 9.17) is 11.6 Å². The van der Waals surface area contributed by atoms with E-state index in [2.05, 4.69) is 6.92 Å². The average molecular weight is 401 g/mol. The van der Waals surface area contributed by atoms with E-state index < -0.39 is 15.4 Å². The third-order valence-electron chi connectivity index (χ3n) is 5.24. The molecule has 2 aromatic rings. The summed E-state index contributed by atoms with van der Waals surface area (Å²) < 4.78 is -1.19. The number of benzene rings is 2. The number of ketones is 2. The van der Waals surface area contributed by atoms with Crippen molar-refractivity contribution in [2.75, 3.05) is 0 Å². The molecular weight excluding hydrogens is 376 g/mol. The molecule has 4 heteroatoms. The van der Waals surface area contributed by atoms with E-state index in [9.17, 15) is 9.59 Å². The van der Waals surface area contributed by atoms with Gasteiger partial charge in [0.05, 0.1) is 9.49 Å². The molecule has 0 saturated carbocycles. The summed E-state index contributed by atoms with van der Waals surface area (Å²) >= 11 is 7.47. The van der Waals surface area contributed by atoms with Gasteiger partial charge in [-0.05, 0) is 74.6 Å². The quantitative estimate of drug-likeness (QED) is 0.584. The van der Waals surface area contributed by atoms with Gasteiger partial charge in [-0.15, -0.1) is 11.8 Å². The highest BCUT2D eigenvalue weighted by molar-refractivity contribution is 8.03. The molecule has 0 bridgehead atoms. The van der Waals surface area contributed by atoms with Crippen molar-refractivity contribution in [2.45, 2.75) is 56.5 Å². The summed E-state index contributed by atoms with van der Waals surface area (Å²) in [7, 11) is 0. The first-order chi connectivity index (χ1) is 12.6. The minimum absolute atomic E-state index is 0.000203. The number of thioether (sulfide) groups is 1. The maximum absolute atomic E-state index is 13.2. The standard InChI is InChI=1S/C23H25ClO2S/c1-6-14-7-8-16(15-9-11-17(24)12-10-15)13-18(14)19-20(25)22(2,3)27-23(4,5)21(19)26/h7-13,19H,6H2,1-5H3. The molecule has 2 nitrogen and oxygen atoms in total. The van der Waals surface area contributed by atoms with Crippen molar-refractivity contribution in [3.05, 3.63) is 58.6 Å². The minimum Gasteiger partial charge on any atom is -0.297 e. The Hall–Kier alpha value is -1.58. The SMILES string of the molecule is CCc1ccc(-c2ccc(Cl)cc2)cc1C1C(=O)C(C)(C)SC(C)(C)C1=O. The summed E-state index contributed by atoms with van der Waals surface area (Å²) in [6.07, 6.45) is 0.779. The first-order valence-corrected chi connectivity index (χ1v) is 10.4. The number of hydrogen-bond acceptors (Lipinski definition) is 3. The molecule has 1 aliphatic heterocycles. The molecule has 0 aliphatic carbocycles. The Morgan fingerprint density at radius 3 is 1.93 bits per heavy atom. The maximum atomic E-state index is 13.2. The molecular formula is C23H25ClO2S. The fourth-order valence-corrected chi connectivity index (χ4v) is 5.68. The molecule has 1 aliphatic rings.